The van der Waals surface area contributed by atoms with E-state index < -0.39 is 27.5 Å². The minimum atomic E-state index is -3.41. The average molecular weight is 211 g/mol. The zero-order valence-electron chi connectivity index (χ0n) is 7.64. The van der Waals surface area contributed by atoms with E-state index in [-0.39, 0.29) is 13.1 Å². The van der Waals surface area contributed by atoms with Gasteiger partial charge in [0.2, 0.25) is 10.0 Å². The zero-order chi connectivity index (χ0) is 10.2. The highest BCUT2D eigenvalue weighted by molar-refractivity contribution is 7.89. The van der Waals surface area contributed by atoms with Gasteiger partial charge in [0.25, 0.3) is 0 Å². The fourth-order valence-electron chi connectivity index (χ4n) is 1.22. The molecule has 0 spiro atoms. The van der Waals surface area contributed by atoms with Crippen LogP contribution in [0.4, 0.5) is 4.39 Å². The summed E-state index contributed by atoms with van der Waals surface area (Å²) in [6.45, 7) is 2.73. The molecule has 0 bridgehead atoms. The van der Waals surface area contributed by atoms with Gasteiger partial charge in [-0.25, -0.2) is 12.8 Å². The van der Waals surface area contributed by atoms with Gasteiger partial charge < -0.3 is 5.11 Å². The summed E-state index contributed by atoms with van der Waals surface area (Å²) in [5, 5.41) is 8.47. The van der Waals surface area contributed by atoms with Gasteiger partial charge in [0, 0.05) is 13.1 Å². The summed E-state index contributed by atoms with van der Waals surface area (Å²) in [5.74, 6) is 0. The molecule has 1 rings (SSSR count). The summed E-state index contributed by atoms with van der Waals surface area (Å²) in [5.41, 5.74) is 0. The molecule has 1 aliphatic rings. The summed E-state index contributed by atoms with van der Waals surface area (Å²) in [6.07, 6.45) is -2.62. The first-order valence-corrected chi connectivity index (χ1v) is 5.67. The van der Waals surface area contributed by atoms with Crippen molar-refractivity contribution < 1.29 is 17.9 Å². The maximum Gasteiger partial charge on any atom is 0.216 e. The monoisotopic (exact) mass is 211 g/mol. The maximum absolute atomic E-state index is 12.8. The number of hydrogen-bond donors (Lipinski definition) is 1. The van der Waals surface area contributed by atoms with E-state index in [4.69, 9.17) is 5.11 Å². The van der Waals surface area contributed by atoms with Crippen molar-refractivity contribution in [2.24, 2.45) is 0 Å². The molecule has 0 aromatic rings. The van der Waals surface area contributed by atoms with Crippen molar-refractivity contribution in [1.82, 2.24) is 4.31 Å². The van der Waals surface area contributed by atoms with E-state index in [1.165, 1.54) is 13.8 Å². The van der Waals surface area contributed by atoms with Gasteiger partial charge >= 0.3 is 0 Å². The van der Waals surface area contributed by atoms with Crippen LogP contribution in [0.15, 0.2) is 0 Å². The SMILES string of the molecule is CC(C)S(=O)(=O)N1C[C@@H](O)[C@H](F)C1. The van der Waals surface area contributed by atoms with Gasteiger partial charge in [-0.05, 0) is 13.8 Å². The first-order chi connectivity index (χ1) is 5.85. The van der Waals surface area contributed by atoms with Crippen molar-refractivity contribution in [2.75, 3.05) is 13.1 Å². The Labute approximate surface area is 77.4 Å². The lowest BCUT2D eigenvalue weighted by molar-refractivity contribution is 0.117. The first kappa shape index (κ1) is 10.9. The molecule has 0 saturated carbocycles. The van der Waals surface area contributed by atoms with Crippen LogP contribution in [-0.2, 0) is 10.0 Å². The molecule has 78 valence electrons. The molecular weight excluding hydrogens is 197 g/mol. The number of aliphatic hydroxyl groups is 1. The number of aliphatic hydroxyl groups excluding tert-OH is 1. The third kappa shape index (κ3) is 2.00. The fourth-order valence-corrected chi connectivity index (χ4v) is 2.53. The lowest BCUT2D eigenvalue weighted by Gasteiger charge is -2.17. The predicted octanol–water partition coefficient (Wildman–Crippen LogP) is -0.261. The molecule has 0 aromatic heterocycles. The number of rotatable bonds is 2. The van der Waals surface area contributed by atoms with Crippen molar-refractivity contribution in [3.05, 3.63) is 0 Å². The molecule has 0 aromatic carbocycles. The Balaban J connectivity index is 2.77. The van der Waals surface area contributed by atoms with Crippen LogP contribution in [-0.4, -0.2) is 48.4 Å². The van der Waals surface area contributed by atoms with Crippen LogP contribution in [0.3, 0.4) is 0 Å². The standard InChI is InChI=1S/C7H14FNO3S/c1-5(2)13(11,12)9-3-6(8)7(10)4-9/h5-7,10H,3-4H2,1-2H3/t6-,7-/m1/s1. The molecular formula is C7H14FNO3S. The molecule has 1 fully saturated rings. The minimum Gasteiger partial charge on any atom is -0.389 e. The van der Waals surface area contributed by atoms with E-state index in [0.717, 1.165) is 4.31 Å². The van der Waals surface area contributed by atoms with Crippen LogP contribution in [0.2, 0.25) is 0 Å². The van der Waals surface area contributed by atoms with Crippen LogP contribution in [0.1, 0.15) is 13.8 Å². The molecule has 0 amide bonds. The van der Waals surface area contributed by atoms with Crippen molar-refractivity contribution in [1.29, 1.82) is 0 Å². The van der Waals surface area contributed by atoms with Gasteiger partial charge in [-0.3, -0.25) is 0 Å². The summed E-state index contributed by atoms with van der Waals surface area (Å²) in [7, 11) is -3.41. The number of β-amino-alcohol motifs (C(OH)–C–C–N with tert-alkyl or cyclic N) is 1. The highest BCUT2D eigenvalue weighted by atomic mass is 32.2. The maximum atomic E-state index is 12.8. The van der Waals surface area contributed by atoms with E-state index in [2.05, 4.69) is 0 Å². The van der Waals surface area contributed by atoms with E-state index in [9.17, 15) is 12.8 Å². The summed E-state index contributed by atoms with van der Waals surface area (Å²) < 4.78 is 36.8. The van der Waals surface area contributed by atoms with E-state index >= 15 is 0 Å². The van der Waals surface area contributed by atoms with Crippen LogP contribution >= 0.6 is 0 Å². The smallest absolute Gasteiger partial charge is 0.216 e. The molecule has 0 radical (unpaired) electrons. The molecule has 0 aliphatic carbocycles. The molecule has 1 N–H and O–H groups in total. The average Bonchev–Trinajstić information content (AvgIpc) is 2.32. The summed E-state index contributed by atoms with van der Waals surface area (Å²) in [6, 6.07) is 0. The second kappa shape index (κ2) is 3.51. The predicted molar refractivity (Wildman–Crippen MR) is 46.5 cm³/mol. The van der Waals surface area contributed by atoms with Crippen molar-refractivity contribution in [2.45, 2.75) is 31.4 Å². The fraction of sp³-hybridized carbons (Fsp3) is 1.00. The molecule has 1 saturated heterocycles. The van der Waals surface area contributed by atoms with Crippen LogP contribution < -0.4 is 0 Å². The molecule has 1 heterocycles. The van der Waals surface area contributed by atoms with E-state index in [1.54, 1.807) is 0 Å². The number of hydrogen-bond acceptors (Lipinski definition) is 3. The van der Waals surface area contributed by atoms with Gasteiger partial charge in [0.15, 0.2) is 0 Å². The topological polar surface area (TPSA) is 57.6 Å². The molecule has 4 nitrogen and oxygen atoms in total. The molecule has 1 aliphatic heterocycles. The third-order valence-corrected chi connectivity index (χ3v) is 4.35. The normalized spacial score (nSPS) is 31.5. The van der Waals surface area contributed by atoms with Crippen LogP contribution in [0.5, 0.6) is 0 Å². The van der Waals surface area contributed by atoms with Gasteiger partial charge in [0.05, 0.1) is 5.25 Å². The van der Waals surface area contributed by atoms with E-state index in [0.29, 0.717) is 0 Å². The Hall–Kier alpha value is -0.200. The first-order valence-electron chi connectivity index (χ1n) is 4.17. The van der Waals surface area contributed by atoms with Crippen molar-refractivity contribution >= 4 is 10.0 Å². The molecule has 13 heavy (non-hydrogen) atoms. The molecule has 6 heteroatoms. The van der Waals surface area contributed by atoms with Crippen LogP contribution in [0.25, 0.3) is 0 Å². The second-order valence-corrected chi connectivity index (χ2v) is 5.98. The van der Waals surface area contributed by atoms with Gasteiger partial charge in [-0.15, -0.1) is 0 Å². The number of alkyl halides is 1. The molecule has 0 unspecified atom stereocenters. The largest absolute Gasteiger partial charge is 0.389 e. The number of sulfonamides is 1. The lowest BCUT2D eigenvalue weighted by Crippen LogP contribution is -2.35. The van der Waals surface area contributed by atoms with Crippen molar-refractivity contribution in [3.63, 3.8) is 0 Å². The Morgan fingerprint density at radius 1 is 1.46 bits per heavy atom. The van der Waals surface area contributed by atoms with E-state index in [1.807, 2.05) is 0 Å². The zero-order valence-corrected chi connectivity index (χ0v) is 8.46. The second-order valence-electron chi connectivity index (χ2n) is 3.49. The number of halogens is 1. The third-order valence-electron chi connectivity index (χ3n) is 2.14. The van der Waals surface area contributed by atoms with Gasteiger partial charge in [-0.2, -0.15) is 4.31 Å². The lowest BCUT2D eigenvalue weighted by atomic mass is 10.3. The summed E-state index contributed by atoms with van der Waals surface area (Å²) >= 11 is 0. The van der Waals surface area contributed by atoms with Gasteiger partial charge in [0.1, 0.15) is 12.3 Å². The Morgan fingerprint density at radius 3 is 2.31 bits per heavy atom. The number of nitrogens with zero attached hydrogens (tertiary/aromatic N) is 1. The van der Waals surface area contributed by atoms with Crippen LogP contribution in [0, 0.1) is 0 Å². The Kier molecular flexibility index (Phi) is 2.94. The molecule has 2 atom stereocenters. The quantitative estimate of drug-likeness (QED) is 0.684. The van der Waals surface area contributed by atoms with Gasteiger partial charge in [-0.1, -0.05) is 0 Å². The highest BCUT2D eigenvalue weighted by Crippen LogP contribution is 2.19. The summed E-state index contributed by atoms with van der Waals surface area (Å²) in [4.78, 5) is 0. The Bertz CT molecular complexity index is 267. The Morgan fingerprint density at radius 2 is 2.00 bits per heavy atom. The van der Waals surface area contributed by atoms with Crippen molar-refractivity contribution in [3.8, 4) is 0 Å². The highest BCUT2D eigenvalue weighted by Gasteiger charge is 2.38. The minimum absolute atomic E-state index is 0.123.